The van der Waals surface area contributed by atoms with Crippen molar-refractivity contribution >= 4 is 17.7 Å². The molecule has 0 N–H and O–H groups in total. The monoisotopic (exact) mass is 532 g/mol. The van der Waals surface area contributed by atoms with Crippen molar-refractivity contribution in [3.05, 3.63) is 78.4 Å². The minimum absolute atomic E-state index is 0. The molecule has 0 aliphatic carbocycles. The van der Waals surface area contributed by atoms with Crippen LogP contribution >= 0.6 is 11.6 Å². The Morgan fingerprint density at radius 3 is 2.19 bits per heavy atom. The summed E-state index contributed by atoms with van der Waals surface area (Å²) in [5, 5.41) is 0.786. The largest absolute Gasteiger partial charge is 1.00 e. The van der Waals surface area contributed by atoms with E-state index in [0.717, 1.165) is 31.1 Å². The van der Waals surface area contributed by atoms with Crippen LogP contribution in [0.3, 0.4) is 0 Å². The van der Waals surface area contributed by atoms with Crippen LogP contribution in [0.4, 0.5) is 0 Å². The van der Waals surface area contributed by atoms with E-state index in [1.807, 2.05) is 43.0 Å². The Bertz CT molecular complexity index is 901. The third-order valence-corrected chi connectivity index (χ3v) is 6.33. The van der Waals surface area contributed by atoms with Crippen molar-refractivity contribution in [1.82, 2.24) is 14.1 Å². The molecule has 6 heteroatoms. The fourth-order valence-corrected chi connectivity index (χ4v) is 4.06. The van der Waals surface area contributed by atoms with Crippen LogP contribution in [0.15, 0.2) is 67.8 Å². The second-order valence-electron chi connectivity index (χ2n) is 9.26. The molecule has 3 aromatic rings. The minimum atomic E-state index is 0. The Morgan fingerprint density at radius 1 is 0.833 bits per heavy atom. The van der Waals surface area contributed by atoms with E-state index < -0.39 is 0 Å². The number of benzene rings is 1. The molecule has 0 amide bonds. The summed E-state index contributed by atoms with van der Waals surface area (Å²) >= 11 is 5.89. The van der Waals surface area contributed by atoms with Crippen molar-refractivity contribution in [1.29, 1.82) is 0 Å². The molecule has 0 saturated carbocycles. The van der Waals surface area contributed by atoms with E-state index in [1.165, 1.54) is 69.8 Å². The standard InChI is InChI=1S/C20H28ClN2.C10H18N2.ClH/c1-2-3-4-5-7-14-22-16-17-23(18-22)15-8-6-9-19-10-12-20(21)13-11-19;1-2-3-4-5-6-8-12-9-7-11-10-12;/h6,9-13,16-18H,2-5,7-8,14-15H2,1H3;7,9-10H,2-6,8H2,1H3;1H/q+1;;/p-1. The number of hydrogen-bond acceptors (Lipinski definition) is 1. The van der Waals surface area contributed by atoms with E-state index in [0.29, 0.717) is 0 Å². The van der Waals surface area contributed by atoms with Crippen molar-refractivity contribution in [2.75, 3.05) is 0 Å². The normalized spacial score (nSPS) is 10.8. The lowest BCUT2D eigenvalue weighted by molar-refractivity contribution is -0.696. The fraction of sp³-hybridized carbons (Fsp3) is 0.533. The van der Waals surface area contributed by atoms with Crippen LogP contribution in [0.25, 0.3) is 6.08 Å². The molecule has 2 aromatic heterocycles. The fourth-order valence-electron chi connectivity index (χ4n) is 3.94. The maximum Gasteiger partial charge on any atom is 0.243 e. The average Bonchev–Trinajstić information content (AvgIpc) is 3.55. The molecule has 1 aromatic carbocycles. The summed E-state index contributed by atoms with van der Waals surface area (Å²) in [6, 6.07) is 7.94. The van der Waals surface area contributed by atoms with Crippen molar-refractivity contribution in [3.8, 4) is 0 Å². The highest BCUT2D eigenvalue weighted by molar-refractivity contribution is 6.30. The van der Waals surface area contributed by atoms with Gasteiger partial charge in [-0.05, 0) is 37.0 Å². The topological polar surface area (TPSA) is 26.6 Å². The zero-order valence-corrected chi connectivity index (χ0v) is 23.9. The second-order valence-corrected chi connectivity index (χ2v) is 9.70. The quantitative estimate of drug-likeness (QED) is 0.180. The van der Waals surface area contributed by atoms with Gasteiger partial charge in [0.2, 0.25) is 6.33 Å². The van der Waals surface area contributed by atoms with Gasteiger partial charge in [-0.3, -0.25) is 0 Å². The van der Waals surface area contributed by atoms with Gasteiger partial charge in [-0.1, -0.05) is 94.7 Å². The first-order valence-corrected chi connectivity index (χ1v) is 14.0. The van der Waals surface area contributed by atoms with E-state index >= 15 is 0 Å². The Morgan fingerprint density at radius 2 is 1.53 bits per heavy atom. The van der Waals surface area contributed by atoms with E-state index in [2.05, 4.69) is 63.4 Å². The van der Waals surface area contributed by atoms with Gasteiger partial charge in [-0.25, -0.2) is 14.1 Å². The van der Waals surface area contributed by atoms with Crippen LogP contribution in [0, 0.1) is 0 Å². The zero-order chi connectivity index (χ0) is 25.0. The second kappa shape index (κ2) is 21.1. The van der Waals surface area contributed by atoms with E-state index in [1.54, 1.807) is 0 Å². The molecule has 2 heterocycles. The van der Waals surface area contributed by atoms with Gasteiger partial charge in [0.15, 0.2) is 0 Å². The molecule has 0 bridgehead atoms. The number of rotatable bonds is 16. The van der Waals surface area contributed by atoms with Crippen molar-refractivity contribution in [3.63, 3.8) is 0 Å². The number of aryl methyl sites for hydroxylation is 3. The number of nitrogens with zero attached hydrogens (tertiary/aromatic N) is 4. The Kier molecular flexibility index (Phi) is 18.7. The first-order chi connectivity index (χ1) is 17.2. The molecule has 200 valence electrons. The summed E-state index contributed by atoms with van der Waals surface area (Å²) in [6.45, 7) is 7.79. The molecule has 0 spiro atoms. The number of aromatic nitrogens is 4. The van der Waals surface area contributed by atoms with Crippen molar-refractivity contribution in [2.45, 2.75) is 104 Å². The molecule has 0 unspecified atom stereocenters. The SMILES string of the molecule is CCCCCCC[n+]1ccn(CCC=Cc2ccc(Cl)cc2)c1.CCCCCCCn1ccnc1.[Cl-]. The predicted octanol–water partition coefficient (Wildman–Crippen LogP) is 5.36. The van der Waals surface area contributed by atoms with Crippen LogP contribution in [0.1, 0.15) is 90.0 Å². The highest BCUT2D eigenvalue weighted by atomic mass is 35.5. The van der Waals surface area contributed by atoms with E-state index in [4.69, 9.17) is 11.6 Å². The lowest BCUT2D eigenvalue weighted by atomic mass is 10.1. The van der Waals surface area contributed by atoms with Gasteiger partial charge < -0.3 is 17.0 Å². The minimum Gasteiger partial charge on any atom is -1.00 e. The molecule has 3 rings (SSSR count). The Labute approximate surface area is 230 Å². The predicted molar refractivity (Wildman–Crippen MR) is 149 cm³/mol. The third kappa shape index (κ3) is 15.2. The molecule has 0 aliphatic heterocycles. The lowest BCUT2D eigenvalue weighted by Gasteiger charge is -2.00. The summed E-state index contributed by atoms with van der Waals surface area (Å²) < 4.78 is 6.71. The van der Waals surface area contributed by atoms with Crippen LogP contribution in [-0.4, -0.2) is 14.1 Å². The number of halogens is 2. The van der Waals surface area contributed by atoms with Crippen LogP contribution in [0.2, 0.25) is 5.02 Å². The molecule has 0 saturated heterocycles. The van der Waals surface area contributed by atoms with Gasteiger partial charge in [0.1, 0.15) is 12.4 Å². The molecule has 0 fully saturated rings. The average molecular weight is 534 g/mol. The van der Waals surface area contributed by atoms with Crippen LogP contribution in [0.5, 0.6) is 0 Å². The van der Waals surface area contributed by atoms with Crippen molar-refractivity contribution in [2.24, 2.45) is 0 Å². The van der Waals surface area contributed by atoms with Crippen molar-refractivity contribution < 1.29 is 17.0 Å². The van der Waals surface area contributed by atoms with Crippen LogP contribution in [-0.2, 0) is 19.6 Å². The number of hydrogen-bond donors (Lipinski definition) is 0. The first-order valence-electron chi connectivity index (χ1n) is 13.6. The molecule has 0 atom stereocenters. The van der Waals surface area contributed by atoms with Gasteiger partial charge in [-0.15, -0.1) is 0 Å². The van der Waals surface area contributed by atoms with Gasteiger partial charge in [0.05, 0.1) is 19.4 Å². The highest BCUT2D eigenvalue weighted by Crippen LogP contribution is 2.11. The maximum absolute atomic E-state index is 5.89. The summed E-state index contributed by atoms with van der Waals surface area (Å²) in [7, 11) is 0. The molecule has 0 aliphatic rings. The van der Waals surface area contributed by atoms with Gasteiger partial charge >= 0.3 is 0 Å². The highest BCUT2D eigenvalue weighted by Gasteiger charge is 2.02. The van der Waals surface area contributed by atoms with Gasteiger partial charge in [0.25, 0.3) is 0 Å². The zero-order valence-electron chi connectivity index (χ0n) is 22.4. The third-order valence-electron chi connectivity index (χ3n) is 6.08. The summed E-state index contributed by atoms with van der Waals surface area (Å²) in [4.78, 5) is 4.00. The Hall–Kier alpha value is -2.04. The number of allylic oxidation sites excluding steroid dienone is 1. The summed E-state index contributed by atoms with van der Waals surface area (Å²) in [6.07, 6.45) is 31.1. The number of unbranched alkanes of at least 4 members (excludes halogenated alkanes) is 8. The summed E-state index contributed by atoms with van der Waals surface area (Å²) in [5.74, 6) is 0. The molecular weight excluding hydrogens is 487 g/mol. The smallest absolute Gasteiger partial charge is 0.243 e. The van der Waals surface area contributed by atoms with Gasteiger partial charge in [0, 0.05) is 30.4 Å². The lowest BCUT2D eigenvalue weighted by Crippen LogP contribution is -3.00. The van der Waals surface area contributed by atoms with Gasteiger partial charge in [-0.2, -0.15) is 0 Å². The molecular formula is C30H46Cl2N4. The van der Waals surface area contributed by atoms with E-state index in [9.17, 15) is 0 Å². The maximum atomic E-state index is 5.89. The first kappa shape index (κ1) is 32.0. The van der Waals surface area contributed by atoms with Crippen LogP contribution < -0.4 is 17.0 Å². The molecule has 0 radical (unpaired) electrons. The number of imidazole rings is 2. The molecule has 36 heavy (non-hydrogen) atoms. The summed E-state index contributed by atoms with van der Waals surface area (Å²) in [5.41, 5.74) is 1.20. The van der Waals surface area contributed by atoms with E-state index in [-0.39, 0.29) is 12.4 Å². The Balaban J connectivity index is 0.000000422. The molecule has 4 nitrogen and oxygen atoms in total.